The number of ketones is 2. The lowest BCUT2D eigenvalue weighted by molar-refractivity contribution is -0.115. The summed E-state index contributed by atoms with van der Waals surface area (Å²) in [6, 6.07) is 0. The molecule has 0 bridgehead atoms. The molecular weight excluding hydrogens is 180 g/mol. The molecule has 0 atom stereocenters. The normalized spacial score (nSPS) is 26.6. The van der Waals surface area contributed by atoms with Crippen molar-refractivity contribution in [3.05, 3.63) is 48.3 Å². The van der Waals surface area contributed by atoms with Crippen LogP contribution in [0.1, 0.15) is 6.42 Å². The first kappa shape index (κ1) is 10.2. The molecule has 0 radical (unpaired) electrons. The number of aliphatic hydroxyl groups excluding tert-OH is 1. The van der Waals surface area contributed by atoms with Gasteiger partial charge in [0.05, 0.1) is 5.57 Å². The van der Waals surface area contributed by atoms with Gasteiger partial charge in [0.2, 0.25) is 0 Å². The van der Waals surface area contributed by atoms with Crippen molar-refractivity contribution in [3.8, 4) is 0 Å². The third-order valence-corrected chi connectivity index (χ3v) is 1.74. The second-order valence-electron chi connectivity index (χ2n) is 2.83. The van der Waals surface area contributed by atoms with Crippen LogP contribution in [0.3, 0.4) is 0 Å². The van der Waals surface area contributed by atoms with Crippen molar-refractivity contribution in [2.75, 3.05) is 0 Å². The summed E-state index contributed by atoms with van der Waals surface area (Å²) in [6.07, 6.45) is 6.99. The molecule has 1 N–H and O–H groups in total. The molecule has 3 nitrogen and oxygen atoms in total. The van der Waals surface area contributed by atoms with E-state index in [1.165, 1.54) is 18.2 Å². The number of carbonyl (C=O) groups is 2. The Morgan fingerprint density at radius 3 is 2.71 bits per heavy atom. The Hall–Kier alpha value is -1.90. The molecule has 1 aliphatic carbocycles. The molecule has 0 aromatic heterocycles. The fraction of sp³-hybridized carbons (Fsp3) is 0.0909. The van der Waals surface area contributed by atoms with Crippen LogP contribution in [0.25, 0.3) is 0 Å². The third-order valence-electron chi connectivity index (χ3n) is 1.74. The molecular formula is C11H10O3. The van der Waals surface area contributed by atoms with Crippen molar-refractivity contribution in [2.24, 2.45) is 0 Å². The van der Waals surface area contributed by atoms with Gasteiger partial charge < -0.3 is 5.11 Å². The topological polar surface area (TPSA) is 54.4 Å². The van der Waals surface area contributed by atoms with Gasteiger partial charge in [-0.25, -0.2) is 0 Å². The molecule has 0 spiro atoms. The van der Waals surface area contributed by atoms with Crippen molar-refractivity contribution in [3.63, 3.8) is 0 Å². The molecule has 0 fully saturated rings. The van der Waals surface area contributed by atoms with Crippen molar-refractivity contribution in [1.29, 1.82) is 0 Å². The van der Waals surface area contributed by atoms with Gasteiger partial charge in [-0.15, -0.1) is 0 Å². The average molecular weight is 190 g/mol. The molecule has 0 heterocycles. The second-order valence-corrected chi connectivity index (χ2v) is 2.83. The lowest BCUT2D eigenvalue weighted by Crippen LogP contribution is -2.02. The van der Waals surface area contributed by atoms with Crippen molar-refractivity contribution >= 4 is 11.6 Å². The van der Waals surface area contributed by atoms with E-state index in [-0.39, 0.29) is 23.5 Å². The molecule has 3 heteroatoms. The fourth-order valence-electron chi connectivity index (χ4n) is 0.907. The van der Waals surface area contributed by atoms with E-state index in [0.717, 1.165) is 6.08 Å². The van der Waals surface area contributed by atoms with E-state index in [2.05, 4.69) is 6.58 Å². The van der Waals surface area contributed by atoms with Crippen LogP contribution in [0, 0.1) is 0 Å². The highest BCUT2D eigenvalue weighted by atomic mass is 16.3. The molecule has 0 saturated carbocycles. The van der Waals surface area contributed by atoms with Crippen LogP contribution in [0.15, 0.2) is 48.3 Å². The summed E-state index contributed by atoms with van der Waals surface area (Å²) in [5.41, 5.74) is -0.0133. The van der Waals surface area contributed by atoms with Gasteiger partial charge in [-0.1, -0.05) is 18.7 Å². The Morgan fingerprint density at radius 2 is 2.00 bits per heavy atom. The first-order valence-corrected chi connectivity index (χ1v) is 4.11. The number of allylic oxidation sites excluding steroid dienone is 6. The number of hydrogen-bond donors (Lipinski definition) is 1. The largest absolute Gasteiger partial charge is 0.507 e. The van der Waals surface area contributed by atoms with Crippen LogP contribution in [-0.2, 0) is 9.59 Å². The molecule has 0 aromatic rings. The predicted molar refractivity (Wildman–Crippen MR) is 52.8 cm³/mol. The van der Waals surface area contributed by atoms with Crippen LogP contribution in [0.5, 0.6) is 0 Å². The average Bonchev–Trinajstić information content (AvgIpc) is 2.18. The van der Waals surface area contributed by atoms with Gasteiger partial charge in [-0.2, -0.15) is 0 Å². The van der Waals surface area contributed by atoms with Gasteiger partial charge in [0.25, 0.3) is 0 Å². The van der Waals surface area contributed by atoms with Crippen LogP contribution < -0.4 is 0 Å². The van der Waals surface area contributed by atoms with Crippen LogP contribution in [-0.4, -0.2) is 16.7 Å². The molecule has 1 aliphatic rings. The molecule has 0 aromatic carbocycles. The zero-order valence-corrected chi connectivity index (χ0v) is 7.56. The maximum Gasteiger partial charge on any atom is 0.189 e. The van der Waals surface area contributed by atoms with E-state index in [0.29, 0.717) is 0 Å². The molecule has 0 aliphatic heterocycles. The Morgan fingerprint density at radius 1 is 1.29 bits per heavy atom. The van der Waals surface area contributed by atoms with E-state index in [4.69, 9.17) is 0 Å². The van der Waals surface area contributed by atoms with Crippen molar-refractivity contribution in [2.45, 2.75) is 6.42 Å². The summed E-state index contributed by atoms with van der Waals surface area (Å²) < 4.78 is 0. The Balaban J connectivity index is 3.02. The number of rotatable bonds is 0. The minimum absolute atomic E-state index is 0.0133. The second kappa shape index (κ2) is 4.37. The Kier molecular flexibility index (Phi) is 3.18. The first-order valence-electron chi connectivity index (χ1n) is 4.11. The van der Waals surface area contributed by atoms with Gasteiger partial charge in [-0.05, 0) is 18.2 Å². The maximum atomic E-state index is 11.2. The van der Waals surface area contributed by atoms with Crippen molar-refractivity contribution < 1.29 is 14.7 Å². The highest BCUT2D eigenvalue weighted by Crippen LogP contribution is 2.08. The maximum absolute atomic E-state index is 11.2. The van der Waals surface area contributed by atoms with Gasteiger partial charge >= 0.3 is 0 Å². The van der Waals surface area contributed by atoms with Crippen molar-refractivity contribution in [1.82, 2.24) is 0 Å². The third kappa shape index (κ3) is 2.55. The molecule has 0 unspecified atom stereocenters. The molecule has 0 saturated heterocycles. The first-order chi connectivity index (χ1) is 6.61. The smallest absolute Gasteiger partial charge is 0.189 e. The zero-order chi connectivity index (χ0) is 10.6. The van der Waals surface area contributed by atoms with Crippen LogP contribution in [0.2, 0.25) is 0 Å². The minimum Gasteiger partial charge on any atom is -0.507 e. The van der Waals surface area contributed by atoms with E-state index < -0.39 is 5.78 Å². The summed E-state index contributed by atoms with van der Waals surface area (Å²) in [5, 5.41) is 9.31. The molecule has 0 amide bonds. The standard InChI is InChI=1S/C11H10O3/c1-8-10(13)5-3-2-4-9(12)6-7-11(8)14/h2-3,5-7,13H,1,4H2/b3-2-,7-6-,10-5+. The van der Waals surface area contributed by atoms with Crippen LogP contribution in [0.4, 0.5) is 0 Å². The quantitative estimate of drug-likeness (QED) is 0.591. The summed E-state index contributed by atoms with van der Waals surface area (Å²) in [6.45, 7) is 3.41. The van der Waals surface area contributed by atoms with Gasteiger partial charge in [0.1, 0.15) is 5.76 Å². The highest BCUT2D eigenvalue weighted by molar-refractivity contribution is 6.09. The summed E-state index contributed by atoms with van der Waals surface area (Å²) in [4.78, 5) is 22.3. The molecule has 14 heavy (non-hydrogen) atoms. The zero-order valence-electron chi connectivity index (χ0n) is 7.56. The van der Waals surface area contributed by atoms with Crippen LogP contribution >= 0.6 is 0 Å². The number of aliphatic hydroxyl groups is 1. The summed E-state index contributed by atoms with van der Waals surface area (Å²) >= 11 is 0. The molecule has 1 rings (SSSR count). The van der Waals surface area contributed by atoms with E-state index in [1.54, 1.807) is 6.08 Å². The Bertz CT molecular complexity index is 370. The van der Waals surface area contributed by atoms with E-state index in [9.17, 15) is 14.7 Å². The summed E-state index contributed by atoms with van der Waals surface area (Å²) in [7, 11) is 0. The minimum atomic E-state index is -0.456. The lowest BCUT2D eigenvalue weighted by Gasteiger charge is -1.99. The number of hydrogen-bond acceptors (Lipinski definition) is 3. The fourth-order valence-corrected chi connectivity index (χ4v) is 0.907. The van der Waals surface area contributed by atoms with E-state index in [1.807, 2.05) is 0 Å². The predicted octanol–water partition coefficient (Wildman–Crippen LogP) is 1.64. The van der Waals surface area contributed by atoms with Gasteiger partial charge in [0.15, 0.2) is 11.6 Å². The monoisotopic (exact) mass is 190 g/mol. The SMILES string of the molecule is C=C1C(=O)/C=C\C(=O)C/C=C\C=C/1O. The lowest BCUT2D eigenvalue weighted by atomic mass is 10.1. The highest BCUT2D eigenvalue weighted by Gasteiger charge is 2.08. The number of carbonyl (C=O) groups excluding carboxylic acids is 2. The van der Waals surface area contributed by atoms with Gasteiger partial charge in [0, 0.05) is 6.42 Å². The Labute approximate surface area is 81.7 Å². The van der Waals surface area contributed by atoms with E-state index >= 15 is 0 Å². The molecule has 72 valence electrons. The van der Waals surface area contributed by atoms with Gasteiger partial charge in [-0.3, -0.25) is 9.59 Å². The summed E-state index contributed by atoms with van der Waals surface area (Å²) in [5.74, 6) is -0.787.